The molecule has 1 aliphatic heterocycles. The molecule has 136 valence electrons. The Morgan fingerprint density at radius 3 is 1.96 bits per heavy atom. The molecule has 0 fully saturated rings. The van der Waals surface area contributed by atoms with E-state index in [0.717, 1.165) is 17.0 Å². The zero-order chi connectivity index (χ0) is 18.9. The Morgan fingerprint density at radius 2 is 1.52 bits per heavy atom. The third-order valence-electron chi connectivity index (χ3n) is 4.76. The molecule has 1 aromatic carbocycles. The fourth-order valence-corrected chi connectivity index (χ4v) is 7.17. The topological polar surface area (TPSA) is 49.3 Å². The van der Waals surface area contributed by atoms with Crippen molar-refractivity contribution in [3.8, 4) is 0 Å². The molecule has 2 rings (SSSR count). The van der Waals surface area contributed by atoms with Crippen LogP contribution in [0.3, 0.4) is 0 Å². The number of aliphatic carboxylic acids is 1. The van der Waals surface area contributed by atoms with Gasteiger partial charge in [-0.3, -0.25) is 0 Å². The summed E-state index contributed by atoms with van der Waals surface area (Å²) in [5.41, 5.74) is 5.63. The van der Waals surface area contributed by atoms with E-state index in [1.54, 1.807) is 0 Å². The lowest BCUT2D eigenvalue weighted by Gasteiger charge is -2.39. The molecule has 1 aromatic rings. The van der Waals surface area contributed by atoms with Crippen LogP contribution in [0.5, 0.6) is 0 Å². The standard InChI is InChI=1S/C21H30NO2P/c1-12(2)25(13(3)4)20-16(7)22-15(6)18(21(23)24)19(20)17-10-8-14(5)9-11-17/h8-13,19,22H,1-7H3,(H,23,24). The lowest BCUT2D eigenvalue weighted by Crippen LogP contribution is -2.29. The molecular weight excluding hydrogens is 329 g/mol. The molecule has 0 aliphatic carbocycles. The Kier molecular flexibility index (Phi) is 6.11. The van der Waals surface area contributed by atoms with Crippen LogP contribution in [0, 0.1) is 6.92 Å². The number of rotatable bonds is 5. The predicted molar refractivity (Wildman–Crippen MR) is 107 cm³/mol. The van der Waals surface area contributed by atoms with Gasteiger partial charge >= 0.3 is 5.97 Å². The first-order valence-corrected chi connectivity index (χ1v) is 10.4. The van der Waals surface area contributed by atoms with Gasteiger partial charge in [-0.1, -0.05) is 65.4 Å². The predicted octanol–water partition coefficient (Wildman–Crippen LogP) is 5.57. The summed E-state index contributed by atoms with van der Waals surface area (Å²) in [6.07, 6.45) is 0. The van der Waals surface area contributed by atoms with E-state index in [2.05, 4.69) is 71.1 Å². The van der Waals surface area contributed by atoms with Crippen molar-refractivity contribution in [2.24, 2.45) is 0 Å². The molecule has 1 unspecified atom stereocenters. The Hall–Kier alpha value is -1.60. The molecule has 1 atom stereocenters. The van der Waals surface area contributed by atoms with Gasteiger partial charge in [0.05, 0.1) is 5.57 Å². The van der Waals surface area contributed by atoms with Crippen molar-refractivity contribution in [1.29, 1.82) is 0 Å². The van der Waals surface area contributed by atoms with Crippen molar-refractivity contribution in [2.75, 3.05) is 0 Å². The van der Waals surface area contributed by atoms with Crippen LogP contribution in [-0.2, 0) is 4.79 Å². The number of carbonyl (C=O) groups is 1. The van der Waals surface area contributed by atoms with Gasteiger partial charge in [-0.05, 0) is 43.0 Å². The third-order valence-corrected chi connectivity index (χ3v) is 8.13. The summed E-state index contributed by atoms with van der Waals surface area (Å²) in [6, 6.07) is 8.32. The summed E-state index contributed by atoms with van der Waals surface area (Å²) in [6.45, 7) is 15.0. The Morgan fingerprint density at radius 1 is 1.00 bits per heavy atom. The van der Waals surface area contributed by atoms with Crippen molar-refractivity contribution in [3.63, 3.8) is 0 Å². The molecule has 1 aliphatic rings. The van der Waals surface area contributed by atoms with Crippen LogP contribution in [0.25, 0.3) is 0 Å². The molecule has 25 heavy (non-hydrogen) atoms. The fourth-order valence-electron chi connectivity index (χ4n) is 3.85. The van der Waals surface area contributed by atoms with Crippen LogP contribution < -0.4 is 5.32 Å². The van der Waals surface area contributed by atoms with E-state index in [0.29, 0.717) is 16.9 Å². The molecule has 0 saturated heterocycles. The SMILES string of the molecule is CC1=C(C(=O)O)C(c2ccc(C)cc2)C(P(C(C)C)C(C)C)=C(C)N1. The van der Waals surface area contributed by atoms with E-state index in [1.807, 2.05) is 6.92 Å². The van der Waals surface area contributed by atoms with Gasteiger partial charge in [-0.2, -0.15) is 0 Å². The number of dihydropyridines is 1. The lowest BCUT2D eigenvalue weighted by atomic mass is 9.86. The average molecular weight is 359 g/mol. The van der Waals surface area contributed by atoms with Gasteiger partial charge in [0.15, 0.2) is 0 Å². The molecule has 0 radical (unpaired) electrons. The highest BCUT2D eigenvalue weighted by molar-refractivity contribution is 7.63. The van der Waals surface area contributed by atoms with Gasteiger partial charge in [0.25, 0.3) is 0 Å². The van der Waals surface area contributed by atoms with Crippen LogP contribution in [0.15, 0.2) is 46.5 Å². The number of hydrogen-bond acceptors (Lipinski definition) is 2. The summed E-state index contributed by atoms with van der Waals surface area (Å²) in [5.74, 6) is -1.00. The quantitative estimate of drug-likeness (QED) is 0.676. The van der Waals surface area contributed by atoms with Gasteiger partial charge in [-0.15, -0.1) is 0 Å². The molecule has 0 saturated carbocycles. The molecule has 0 amide bonds. The van der Waals surface area contributed by atoms with E-state index < -0.39 is 13.9 Å². The van der Waals surface area contributed by atoms with Gasteiger partial charge < -0.3 is 10.4 Å². The second-order valence-electron chi connectivity index (χ2n) is 7.42. The highest BCUT2D eigenvalue weighted by Gasteiger charge is 2.38. The number of benzene rings is 1. The fraction of sp³-hybridized carbons (Fsp3) is 0.476. The number of allylic oxidation sites excluding steroid dienone is 3. The Balaban J connectivity index is 2.71. The summed E-state index contributed by atoms with van der Waals surface area (Å²) in [5, 5.41) is 14.6. The zero-order valence-electron chi connectivity index (χ0n) is 16.3. The van der Waals surface area contributed by atoms with Crippen LogP contribution in [-0.4, -0.2) is 22.4 Å². The third kappa shape index (κ3) is 3.98. The zero-order valence-corrected chi connectivity index (χ0v) is 17.2. The monoisotopic (exact) mass is 359 g/mol. The molecule has 0 bridgehead atoms. The Bertz CT molecular complexity index is 706. The van der Waals surface area contributed by atoms with Crippen molar-refractivity contribution in [2.45, 2.75) is 65.7 Å². The van der Waals surface area contributed by atoms with Gasteiger partial charge in [0.2, 0.25) is 0 Å². The van der Waals surface area contributed by atoms with Crippen molar-refractivity contribution >= 4 is 13.9 Å². The number of carboxylic acids is 1. The maximum atomic E-state index is 12.1. The van der Waals surface area contributed by atoms with E-state index in [1.165, 1.54) is 10.9 Å². The largest absolute Gasteiger partial charge is 0.478 e. The second-order valence-corrected chi connectivity index (χ2v) is 10.8. The minimum absolute atomic E-state index is 0.171. The normalized spacial score (nSPS) is 18.4. The first kappa shape index (κ1) is 19.7. The summed E-state index contributed by atoms with van der Waals surface area (Å²) >= 11 is 0. The summed E-state index contributed by atoms with van der Waals surface area (Å²) < 4.78 is 0. The number of hydrogen-bond donors (Lipinski definition) is 2. The van der Waals surface area contributed by atoms with E-state index in [4.69, 9.17) is 0 Å². The highest BCUT2D eigenvalue weighted by atomic mass is 31.1. The van der Waals surface area contributed by atoms with Crippen LogP contribution in [0.1, 0.15) is 58.6 Å². The van der Waals surface area contributed by atoms with E-state index in [-0.39, 0.29) is 5.92 Å². The number of carboxylic acid groups (broad SMARTS) is 1. The molecule has 0 aromatic heterocycles. The van der Waals surface area contributed by atoms with Gasteiger partial charge in [-0.25, -0.2) is 4.79 Å². The summed E-state index contributed by atoms with van der Waals surface area (Å²) in [7, 11) is -0.458. The molecule has 1 heterocycles. The first-order valence-electron chi connectivity index (χ1n) is 8.91. The van der Waals surface area contributed by atoms with Gasteiger partial charge in [0.1, 0.15) is 0 Å². The minimum Gasteiger partial charge on any atom is -0.478 e. The van der Waals surface area contributed by atoms with E-state index >= 15 is 0 Å². The van der Waals surface area contributed by atoms with Crippen molar-refractivity contribution in [1.82, 2.24) is 5.32 Å². The minimum atomic E-state index is -0.831. The lowest BCUT2D eigenvalue weighted by molar-refractivity contribution is -0.133. The maximum absolute atomic E-state index is 12.1. The molecular formula is C21H30NO2P. The van der Waals surface area contributed by atoms with Crippen LogP contribution in [0.2, 0.25) is 0 Å². The van der Waals surface area contributed by atoms with Crippen LogP contribution in [0.4, 0.5) is 0 Å². The molecule has 0 spiro atoms. The number of aryl methyl sites for hydroxylation is 1. The van der Waals surface area contributed by atoms with Gasteiger partial charge in [0, 0.05) is 17.3 Å². The maximum Gasteiger partial charge on any atom is 0.334 e. The number of nitrogens with one attached hydrogen (secondary N) is 1. The smallest absolute Gasteiger partial charge is 0.334 e. The average Bonchev–Trinajstić information content (AvgIpc) is 2.49. The Labute approximate surface area is 153 Å². The molecule has 2 N–H and O–H groups in total. The van der Waals surface area contributed by atoms with E-state index in [9.17, 15) is 9.90 Å². The van der Waals surface area contributed by atoms with Crippen molar-refractivity contribution < 1.29 is 9.90 Å². The molecule has 3 nitrogen and oxygen atoms in total. The second kappa shape index (κ2) is 7.74. The molecule has 4 heteroatoms. The first-order chi connectivity index (χ1) is 11.6. The van der Waals surface area contributed by atoms with Crippen LogP contribution >= 0.6 is 7.92 Å². The summed E-state index contributed by atoms with van der Waals surface area (Å²) in [4.78, 5) is 12.1. The highest BCUT2D eigenvalue weighted by Crippen LogP contribution is 2.61. The van der Waals surface area contributed by atoms with Crippen molar-refractivity contribution in [3.05, 3.63) is 57.7 Å².